The Hall–Kier alpha value is -0.830. The van der Waals surface area contributed by atoms with Gasteiger partial charge < -0.3 is 4.52 Å². The fraction of sp³-hybridized carbons (Fsp3) is 0.500. The molecule has 0 spiro atoms. The van der Waals surface area contributed by atoms with Crippen molar-refractivity contribution in [3.05, 3.63) is 29.3 Å². The maximum Gasteiger partial charge on any atom is 0.524 e. The van der Waals surface area contributed by atoms with E-state index in [0.717, 1.165) is 17.5 Å². The topological polar surface area (TPSA) is 66.8 Å². The van der Waals surface area contributed by atoms with Crippen LogP contribution in [0.1, 0.15) is 38.8 Å². The van der Waals surface area contributed by atoms with Crippen molar-refractivity contribution in [2.24, 2.45) is 0 Å². The van der Waals surface area contributed by atoms with E-state index in [-0.39, 0.29) is 11.2 Å². The summed E-state index contributed by atoms with van der Waals surface area (Å²) in [6.07, 6.45) is 0.874. The Labute approximate surface area is 102 Å². The molecule has 0 bridgehead atoms. The van der Waals surface area contributed by atoms with Gasteiger partial charge in [-0.25, -0.2) is 4.57 Å². The van der Waals surface area contributed by atoms with Crippen LogP contribution in [-0.2, 0) is 16.4 Å². The maximum absolute atomic E-state index is 10.9. The van der Waals surface area contributed by atoms with Crippen LogP contribution in [0.25, 0.3) is 0 Å². The van der Waals surface area contributed by atoms with Gasteiger partial charge in [-0.3, -0.25) is 9.79 Å². The van der Waals surface area contributed by atoms with Crippen molar-refractivity contribution < 1.29 is 18.9 Å². The molecule has 1 aromatic rings. The third-order valence-corrected chi connectivity index (χ3v) is 2.91. The quantitative estimate of drug-likeness (QED) is 0.818. The largest absolute Gasteiger partial charge is 0.524 e. The first-order valence-corrected chi connectivity index (χ1v) is 7.05. The molecule has 0 aliphatic rings. The van der Waals surface area contributed by atoms with Crippen LogP contribution in [0.15, 0.2) is 18.2 Å². The van der Waals surface area contributed by atoms with Crippen LogP contribution in [-0.4, -0.2) is 9.79 Å². The minimum absolute atomic E-state index is 0.227. The van der Waals surface area contributed by atoms with Crippen LogP contribution in [0.3, 0.4) is 0 Å². The summed E-state index contributed by atoms with van der Waals surface area (Å²) in [5, 5.41) is 0. The van der Waals surface area contributed by atoms with Crippen molar-refractivity contribution in [1.29, 1.82) is 0 Å². The van der Waals surface area contributed by atoms with Crippen molar-refractivity contribution in [3.8, 4) is 5.75 Å². The SMILES string of the molecule is CCc1ccc(OP(=O)(O)O)c(C(C)(C)C)c1. The average Bonchev–Trinajstić information content (AvgIpc) is 2.14. The molecule has 1 rings (SSSR count). The molecule has 0 aliphatic carbocycles. The molecule has 0 aromatic heterocycles. The van der Waals surface area contributed by atoms with Crippen molar-refractivity contribution in [2.75, 3.05) is 0 Å². The standard InChI is InChI=1S/C12H19O4P/c1-5-9-6-7-11(16-17(13,14)15)10(8-9)12(2,3)4/h6-8H,5H2,1-4H3,(H2,13,14,15). The summed E-state index contributed by atoms with van der Waals surface area (Å²) in [4.78, 5) is 17.8. The molecule has 0 fully saturated rings. The third kappa shape index (κ3) is 4.15. The van der Waals surface area contributed by atoms with E-state index in [0.29, 0.717) is 0 Å². The zero-order valence-corrected chi connectivity index (χ0v) is 11.5. The highest BCUT2D eigenvalue weighted by molar-refractivity contribution is 7.46. The minimum atomic E-state index is -4.51. The number of phosphoric acid groups is 1. The predicted molar refractivity (Wildman–Crippen MR) is 67.2 cm³/mol. The van der Waals surface area contributed by atoms with E-state index in [9.17, 15) is 4.57 Å². The van der Waals surface area contributed by atoms with Crippen LogP contribution in [0.5, 0.6) is 5.75 Å². The summed E-state index contributed by atoms with van der Waals surface area (Å²) in [5.41, 5.74) is 1.70. The zero-order valence-electron chi connectivity index (χ0n) is 10.6. The normalized spacial score (nSPS) is 12.6. The van der Waals surface area contributed by atoms with E-state index in [2.05, 4.69) is 0 Å². The highest BCUT2D eigenvalue weighted by Crippen LogP contribution is 2.42. The molecule has 0 atom stereocenters. The predicted octanol–water partition coefficient (Wildman–Crippen LogP) is 3.02. The number of phosphoric ester groups is 1. The van der Waals surface area contributed by atoms with Gasteiger partial charge in [-0.1, -0.05) is 39.8 Å². The van der Waals surface area contributed by atoms with Crippen LogP contribution < -0.4 is 4.52 Å². The molecule has 0 saturated carbocycles. The highest BCUT2D eigenvalue weighted by atomic mass is 31.2. The molecule has 0 radical (unpaired) electrons. The lowest BCUT2D eigenvalue weighted by Gasteiger charge is -2.23. The lowest BCUT2D eigenvalue weighted by molar-refractivity contribution is 0.281. The van der Waals surface area contributed by atoms with Gasteiger partial charge in [0.1, 0.15) is 5.75 Å². The Morgan fingerprint density at radius 1 is 1.29 bits per heavy atom. The second-order valence-corrected chi connectivity index (χ2v) is 6.18. The first-order chi connectivity index (χ1) is 7.63. The number of benzene rings is 1. The van der Waals surface area contributed by atoms with E-state index in [1.54, 1.807) is 6.07 Å². The summed E-state index contributed by atoms with van der Waals surface area (Å²) in [5.74, 6) is 0.253. The molecule has 1 aromatic carbocycles. The molecule has 0 heterocycles. The highest BCUT2D eigenvalue weighted by Gasteiger charge is 2.24. The first kappa shape index (κ1) is 14.2. The number of aryl methyl sites for hydroxylation is 1. The van der Waals surface area contributed by atoms with Crippen LogP contribution in [0.4, 0.5) is 0 Å². The zero-order chi connectivity index (χ0) is 13.3. The molecule has 96 valence electrons. The van der Waals surface area contributed by atoms with E-state index in [1.165, 1.54) is 0 Å². The third-order valence-electron chi connectivity index (χ3n) is 2.48. The lowest BCUT2D eigenvalue weighted by atomic mass is 9.85. The van der Waals surface area contributed by atoms with Gasteiger partial charge >= 0.3 is 7.82 Å². The molecular formula is C12H19O4P. The number of rotatable bonds is 3. The maximum atomic E-state index is 10.9. The molecule has 0 unspecified atom stereocenters. The molecule has 0 saturated heterocycles. The van der Waals surface area contributed by atoms with Gasteiger partial charge in [0.25, 0.3) is 0 Å². The average molecular weight is 258 g/mol. The van der Waals surface area contributed by atoms with Crippen molar-refractivity contribution in [1.82, 2.24) is 0 Å². The van der Waals surface area contributed by atoms with Crippen molar-refractivity contribution in [2.45, 2.75) is 39.5 Å². The van der Waals surface area contributed by atoms with Gasteiger partial charge in [-0.15, -0.1) is 0 Å². The van der Waals surface area contributed by atoms with E-state index < -0.39 is 7.82 Å². The van der Waals surface area contributed by atoms with Gasteiger partial charge in [-0.2, -0.15) is 0 Å². The first-order valence-electron chi connectivity index (χ1n) is 5.52. The fourth-order valence-corrected chi connectivity index (χ4v) is 2.01. The smallest absolute Gasteiger partial charge is 0.404 e. The number of hydrogen-bond acceptors (Lipinski definition) is 2. The second-order valence-electron chi connectivity index (χ2n) is 5.02. The fourth-order valence-electron chi connectivity index (χ4n) is 1.59. The van der Waals surface area contributed by atoms with Gasteiger partial charge in [-0.05, 0) is 23.5 Å². The van der Waals surface area contributed by atoms with E-state index in [1.807, 2.05) is 39.8 Å². The summed E-state index contributed by atoms with van der Waals surface area (Å²) in [6.45, 7) is 7.97. The monoisotopic (exact) mass is 258 g/mol. The number of hydrogen-bond donors (Lipinski definition) is 2. The summed E-state index contributed by atoms with van der Waals surface area (Å²) in [6, 6.07) is 5.38. The molecule has 0 amide bonds. The Bertz CT molecular complexity index is 442. The van der Waals surface area contributed by atoms with E-state index >= 15 is 0 Å². The lowest BCUT2D eigenvalue weighted by Crippen LogP contribution is -2.13. The minimum Gasteiger partial charge on any atom is -0.404 e. The second kappa shape index (κ2) is 4.81. The Morgan fingerprint density at radius 2 is 1.88 bits per heavy atom. The van der Waals surface area contributed by atoms with Crippen molar-refractivity contribution >= 4 is 7.82 Å². The van der Waals surface area contributed by atoms with Crippen molar-refractivity contribution in [3.63, 3.8) is 0 Å². The van der Waals surface area contributed by atoms with Gasteiger partial charge in [0.05, 0.1) is 0 Å². The molecule has 0 aliphatic heterocycles. The van der Waals surface area contributed by atoms with Gasteiger partial charge in [0, 0.05) is 5.56 Å². The summed E-state index contributed by atoms with van der Waals surface area (Å²) < 4.78 is 15.6. The Morgan fingerprint density at radius 3 is 2.29 bits per heavy atom. The molecule has 5 heteroatoms. The van der Waals surface area contributed by atoms with E-state index in [4.69, 9.17) is 14.3 Å². The summed E-state index contributed by atoms with van der Waals surface area (Å²) in [7, 11) is -4.51. The van der Waals surface area contributed by atoms with Gasteiger partial charge in [0.2, 0.25) is 0 Å². The summed E-state index contributed by atoms with van der Waals surface area (Å²) >= 11 is 0. The van der Waals surface area contributed by atoms with Crippen LogP contribution in [0.2, 0.25) is 0 Å². The molecule has 2 N–H and O–H groups in total. The Kier molecular flexibility index (Phi) is 4.03. The van der Waals surface area contributed by atoms with Gasteiger partial charge in [0.15, 0.2) is 0 Å². The molecule has 4 nitrogen and oxygen atoms in total. The molecule has 17 heavy (non-hydrogen) atoms. The van der Waals surface area contributed by atoms with Crippen LogP contribution >= 0.6 is 7.82 Å². The molecular weight excluding hydrogens is 239 g/mol. The Balaban J connectivity index is 3.26. The van der Waals surface area contributed by atoms with Crippen LogP contribution in [0, 0.1) is 0 Å².